The van der Waals surface area contributed by atoms with Crippen LogP contribution in [0.1, 0.15) is 13.0 Å². The molecule has 0 amide bonds. The molecule has 0 aliphatic carbocycles. The van der Waals surface area contributed by atoms with Crippen molar-refractivity contribution in [2.75, 3.05) is 11.4 Å². The maximum Gasteiger partial charge on any atom is 0.333 e. The summed E-state index contributed by atoms with van der Waals surface area (Å²) in [6.45, 7) is 6.78. The van der Waals surface area contributed by atoms with Gasteiger partial charge in [0.1, 0.15) is 11.5 Å². The Bertz CT molecular complexity index is 1430. The average molecular weight is 429 g/mol. The molecule has 5 rings (SSSR count). The summed E-state index contributed by atoms with van der Waals surface area (Å²) in [6, 6.07) is 16.9. The van der Waals surface area contributed by atoms with Gasteiger partial charge in [-0.2, -0.15) is 4.98 Å². The third-order valence-corrected chi connectivity index (χ3v) is 5.83. The van der Waals surface area contributed by atoms with Gasteiger partial charge in [-0.15, -0.1) is 6.58 Å². The minimum Gasteiger partial charge on any atom is -0.457 e. The van der Waals surface area contributed by atoms with Crippen LogP contribution in [0.3, 0.4) is 0 Å². The van der Waals surface area contributed by atoms with Gasteiger partial charge in [-0.25, -0.2) is 4.79 Å². The third kappa shape index (κ3) is 3.03. The van der Waals surface area contributed by atoms with E-state index in [1.165, 1.54) is 9.13 Å². The quantitative estimate of drug-likeness (QED) is 0.453. The molecule has 3 heterocycles. The van der Waals surface area contributed by atoms with Crippen LogP contribution in [0.2, 0.25) is 0 Å². The van der Waals surface area contributed by atoms with E-state index in [2.05, 4.69) is 11.6 Å². The number of hydrogen-bond donors (Lipinski definition) is 0. The summed E-state index contributed by atoms with van der Waals surface area (Å²) in [5.41, 5.74) is 1.01. The van der Waals surface area contributed by atoms with Crippen molar-refractivity contribution in [3.8, 4) is 11.5 Å². The largest absolute Gasteiger partial charge is 0.457 e. The molecule has 0 N–H and O–H groups in total. The van der Waals surface area contributed by atoms with Gasteiger partial charge in [0.2, 0.25) is 5.95 Å². The lowest BCUT2D eigenvalue weighted by Gasteiger charge is -2.16. The van der Waals surface area contributed by atoms with E-state index >= 15 is 0 Å². The zero-order valence-electron chi connectivity index (χ0n) is 17.9. The zero-order valence-corrected chi connectivity index (χ0v) is 17.9. The van der Waals surface area contributed by atoms with Crippen molar-refractivity contribution in [3.05, 3.63) is 88.1 Å². The Morgan fingerprint density at radius 3 is 2.41 bits per heavy atom. The molecular weight excluding hydrogens is 406 g/mol. The minimum atomic E-state index is -0.411. The number of rotatable bonds is 5. The van der Waals surface area contributed by atoms with Gasteiger partial charge < -0.3 is 14.2 Å². The van der Waals surface area contributed by atoms with Crippen molar-refractivity contribution in [1.29, 1.82) is 0 Å². The summed E-state index contributed by atoms with van der Waals surface area (Å²) in [6.07, 6.45) is 1.58. The number of ether oxygens (including phenoxy) is 1. The molecule has 0 radical (unpaired) electrons. The number of fused-ring (bicyclic) bond motifs is 3. The second-order valence-electron chi connectivity index (χ2n) is 7.79. The highest BCUT2D eigenvalue weighted by molar-refractivity contribution is 5.77. The molecule has 32 heavy (non-hydrogen) atoms. The first-order valence-corrected chi connectivity index (χ1v) is 10.4. The van der Waals surface area contributed by atoms with Crippen LogP contribution in [0, 0.1) is 0 Å². The summed E-state index contributed by atoms with van der Waals surface area (Å²) >= 11 is 0. The number of allylic oxidation sites excluding steroid dienone is 1. The van der Waals surface area contributed by atoms with Crippen LogP contribution < -0.4 is 20.9 Å². The lowest BCUT2D eigenvalue weighted by Crippen LogP contribution is -2.40. The highest BCUT2D eigenvalue weighted by atomic mass is 16.5. The number of nitrogens with zero attached hydrogens (tertiary/aromatic N) is 5. The molecule has 0 saturated carbocycles. The average Bonchev–Trinajstić information content (AvgIpc) is 3.38. The SMILES string of the molecule is C=C[C@H](C)n1c(=O)c2c(nc3n2CCN3c2ccc(Oc3ccccc3)cc2)n(C)c1=O. The van der Waals surface area contributed by atoms with Crippen molar-refractivity contribution in [3.63, 3.8) is 0 Å². The lowest BCUT2D eigenvalue weighted by molar-refractivity contribution is 0.482. The van der Waals surface area contributed by atoms with Crippen LogP contribution >= 0.6 is 0 Å². The predicted molar refractivity (Wildman–Crippen MR) is 124 cm³/mol. The fourth-order valence-corrected chi connectivity index (χ4v) is 4.07. The summed E-state index contributed by atoms with van der Waals surface area (Å²) in [5.74, 6) is 2.15. The first-order valence-electron chi connectivity index (χ1n) is 10.4. The van der Waals surface area contributed by atoms with Gasteiger partial charge in [-0.1, -0.05) is 24.3 Å². The van der Waals surface area contributed by atoms with Gasteiger partial charge in [0.25, 0.3) is 5.56 Å². The van der Waals surface area contributed by atoms with Crippen LogP contribution in [-0.4, -0.2) is 25.2 Å². The summed E-state index contributed by atoms with van der Waals surface area (Å²) in [7, 11) is 1.64. The Kier molecular flexibility index (Phi) is 4.70. The molecule has 0 spiro atoms. The molecule has 2 aromatic carbocycles. The molecule has 1 atom stereocenters. The fraction of sp³-hybridized carbons (Fsp3) is 0.208. The zero-order chi connectivity index (χ0) is 22.4. The first kappa shape index (κ1) is 19.9. The summed E-state index contributed by atoms with van der Waals surface area (Å²) < 4.78 is 10.4. The maximum atomic E-state index is 13.2. The van der Waals surface area contributed by atoms with E-state index in [9.17, 15) is 9.59 Å². The standard InChI is InChI=1S/C24H23N5O3/c1-4-16(2)29-22(30)20-21(26(3)24(29)31)25-23-27(14-15-28(20)23)17-10-12-19(13-11-17)32-18-8-6-5-7-9-18/h4-13,16H,1,14-15H2,2-3H3/t16-/m0/s1. The van der Waals surface area contributed by atoms with Crippen LogP contribution in [0.25, 0.3) is 11.2 Å². The van der Waals surface area contributed by atoms with Crippen LogP contribution in [-0.2, 0) is 13.6 Å². The van der Waals surface area contributed by atoms with Crippen molar-refractivity contribution in [2.45, 2.75) is 19.5 Å². The van der Waals surface area contributed by atoms with Gasteiger partial charge in [0, 0.05) is 25.8 Å². The molecule has 1 aliphatic heterocycles. The lowest BCUT2D eigenvalue weighted by atomic mass is 10.2. The Balaban J connectivity index is 1.54. The Labute approximate surface area is 184 Å². The van der Waals surface area contributed by atoms with Crippen LogP contribution in [0.15, 0.2) is 76.8 Å². The van der Waals surface area contributed by atoms with E-state index in [4.69, 9.17) is 4.74 Å². The number of hydrogen-bond acceptors (Lipinski definition) is 5. The minimum absolute atomic E-state index is 0.345. The number of aryl methyl sites for hydroxylation is 1. The number of aromatic nitrogens is 4. The van der Waals surface area contributed by atoms with Crippen molar-refractivity contribution < 1.29 is 4.74 Å². The van der Waals surface area contributed by atoms with Crippen molar-refractivity contribution in [2.24, 2.45) is 7.05 Å². The first-order chi connectivity index (χ1) is 15.5. The number of para-hydroxylation sites is 1. The summed E-state index contributed by atoms with van der Waals surface area (Å²) in [5, 5.41) is 0. The molecule has 8 nitrogen and oxygen atoms in total. The maximum absolute atomic E-state index is 13.2. The smallest absolute Gasteiger partial charge is 0.333 e. The van der Waals surface area contributed by atoms with E-state index in [1.54, 1.807) is 20.0 Å². The van der Waals surface area contributed by atoms with Crippen molar-refractivity contribution in [1.82, 2.24) is 18.7 Å². The Hall–Kier alpha value is -4.07. The molecule has 4 aromatic rings. The number of anilines is 2. The van der Waals surface area contributed by atoms with Gasteiger partial charge >= 0.3 is 5.69 Å². The Morgan fingerprint density at radius 2 is 1.72 bits per heavy atom. The Morgan fingerprint density at radius 1 is 1.03 bits per heavy atom. The highest BCUT2D eigenvalue weighted by Gasteiger charge is 2.29. The topological polar surface area (TPSA) is 74.3 Å². The molecule has 1 aliphatic rings. The molecule has 8 heteroatoms. The second-order valence-corrected chi connectivity index (χ2v) is 7.79. The van der Waals surface area contributed by atoms with E-state index < -0.39 is 11.7 Å². The van der Waals surface area contributed by atoms with E-state index in [-0.39, 0.29) is 5.56 Å². The van der Waals surface area contributed by atoms with Crippen LogP contribution in [0.4, 0.5) is 11.6 Å². The van der Waals surface area contributed by atoms with Gasteiger partial charge in [-0.3, -0.25) is 13.9 Å². The second kappa shape index (κ2) is 7.56. The molecule has 0 fully saturated rings. The van der Waals surface area contributed by atoms with Gasteiger partial charge in [0.15, 0.2) is 11.2 Å². The monoisotopic (exact) mass is 429 g/mol. The number of benzene rings is 2. The van der Waals surface area contributed by atoms with Gasteiger partial charge in [-0.05, 0) is 43.3 Å². The van der Waals surface area contributed by atoms with Crippen LogP contribution in [0.5, 0.6) is 11.5 Å². The fourth-order valence-electron chi connectivity index (χ4n) is 4.07. The van der Waals surface area contributed by atoms with Crippen molar-refractivity contribution >= 4 is 22.8 Å². The predicted octanol–water partition coefficient (Wildman–Crippen LogP) is 3.59. The third-order valence-electron chi connectivity index (χ3n) is 5.83. The molecular formula is C24H23N5O3. The van der Waals surface area contributed by atoms with E-state index in [1.807, 2.05) is 64.1 Å². The van der Waals surface area contributed by atoms with E-state index in [0.29, 0.717) is 30.2 Å². The molecule has 162 valence electrons. The molecule has 2 aromatic heterocycles. The molecule has 0 bridgehead atoms. The normalized spacial score (nSPS) is 13.9. The molecule has 0 unspecified atom stereocenters. The van der Waals surface area contributed by atoms with Gasteiger partial charge in [0.05, 0.1) is 6.04 Å². The molecule has 0 saturated heterocycles. The van der Waals surface area contributed by atoms with E-state index in [0.717, 1.165) is 17.2 Å². The number of imidazole rings is 1. The summed E-state index contributed by atoms with van der Waals surface area (Å²) in [4.78, 5) is 32.7. The highest BCUT2D eigenvalue weighted by Crippen LogP contribution is 2.33.